The topological polar surface area (TPSA) is 71.2 Å². The Morgan fingerprint density at radius 2 is 2.22 bits per heavy atom. The highest BCUT2D eigenvalue weighted by Crippen LogP contribution is 2.06. The lowest BCUT2D eigenvalue weighted by atomic mass is 10.2. The molecule has 1 heterocycles. The minimum Gasteiger partial charge on any atom is -0.444 e. The number of nitrogens with one attached hydrogen (secondary N) is 2. The van der Waals surface area contributed by atoms with Crippen molar-refractivity contribution in [2.24, 2.45) is 0 Å². The van der Waals surface area contributed by atoms with Crippen LogP contribution in [0, 0.1) is 0 Å². The number of pyridine rings is 1. The van der Waals surface area contributed by atoms with E-state index in [0.717, 1.165) is 0 Å². The monoisotopic (exact) mass is 250 g/mol. The first-order valence-corrected chi connectivity index (χ1v) is 5.69. The van der Waals surface area contributed by atoms with Crippen molar-refractivity contribution in [2.45, 2.75) is 26.4 Å². The summed E-state index contributed by atoms with van der Waals surface area (Å²) in [5.74, 6) is 0. The number of hydrogen-bond donors (Lipinski definition) is 2. The van der Waals surface area contributed by atoms with E-state index in [9.17, 15) is 9.59 Å². The molecule has 5 nitrogen and oxygen atoms in total. The Kier molecular flexibility index (Phi) is 4.71. The largest absolute Gasteiger partial charge is 0.444 e. The van der Waals surface area contributed by atoms with Crippen LogP contribution in [0.3, 0.4) is 0 Å². The summed E-state index contributed by atoms with van der Waals surface area (Å²) < 4.78 is 5.06. The Morgan fingerprint density at radius 1 is 1.50 bits per heavy atom. The Morgan fingerprint density at radius 3 is 2.83 bits per heavy atom. The first-order valence-electron chi connectivity index (χ1n) is 5.69. The van der Waals surface area contributed by atoms with Gasteiger partial charge in [-0.15, -0.1) is 0 Å². The van der Waals surface area contributed by atoms with Crippen LogP contribution in [-0.2, 0) is 4.74 Å². The Hall–Kier alpha value is -2.04. The highest BCUT2D eigenvalue weighted by atomic mass is 16.6. The van der Waals surface area contributed by atoms with Crippen molar-refractivity contribution in [2.75, 3.05) is 6.54 Å². The van der Waals surface area contributed by atoms with Crippen LogP contribution in [0.2, 0.25) is 0 Å². The fourth-order valence-electron chi connectivity index (χ4n) is 1.20. The van der Waals surface area contributed by atoms with Gasteiger partial charge in [-0.3, -0.25) is 4.79 Å². The van der Waals surface area contributed by atoms with Gasteiger partial charge in [0.2, 0.25) is 0 Å². The molecule has 0 unspecified atom stereocenters. The molecule has 5 heteroatoms. The number of rotatable bonds is 3. The van der Waals surface area contributed by atoms with Gasteiger partial charge in [0.25, 0.3) is 0 Å². The van der Waals surface area contributed by atoms with Crippen molar-refractivity contribution in [3.05, 3.63) is 40.3 Å². The Labute approximate surface area is 106 Å². The number of aromatic amines is 1. The van der Waals surface area contributed by atoms with E-state index >= 15 is 0 Å². The summed E-state index contributed by atoms with van der Waals surface area (Å²) in [5, 5.41) is 2.57. The number of alkyl carbamates (subject to hydrolysis) is 1. The third-order valence-electron chi connectivity index (χ3n) is 1.91. The van der Waals surface area contributed by atoms with Gasteiger partial charge in [-0.1, -0.05) is 12.2 Å². The molecule has 0 aliphatic carbocycles. The minimum atomic E-state index is -0.510. The van der Waals surface area contributed by atoms with Crippen LogP contribution < -0.4 is 10.7 Å². The minimum absolute atomic E-state index is 0.0673. The van der Waals surface area contributed by atoms with Crippen LogP contribution in [0.5, 0.6) is 0 Å². The molecular weight excluding hydrogens is 232 g/mol. The average molecular weight is 250 g/mol. The number of aromatic nitrogens is 1. The number of carbonyl (C=O) groups excluding carboxylic acids is 1. The fourth-order valence-corrected chi connectivity index (χ4v) is 1.20. The van der Waals surface area contributed by atoms with E-state index in [1.54, 1.807) is 45.3 Å². The maximum atomic E-state index is 11.4. The zero-order valence-corrected chi connectivity index (χ0v) is 10.8. The van der Waals surface area contributed by atoms with Crippen LogP contribution in [0.1, 0.15) is 26.3 Å². The van der Waals surface area contributed by atoms with Crippen molar-refractivity contribution in [3.8, 4) is 0 Å². The first kappa shape index (κ1) is 14.0. The van der Waals surface area contributed by atoms with Gasteiger partial charge in [-0.05, 0) is 20.8 Å². The van der Waals surface area contributed by atoms with Crippen molar-refractivity contribution in [1.29, 1.82) is 0 Å². The molecule has 0 aromatic carbocycles. The smallest absolute Gasteiger partial charge is 0.407 e. The van der Waals surface area contributed by atoms with Crippen molar-refractivity contribution in [3.63, 3.8) is 0 Å². The summed E-state index contributed by atoms with van der Waals surface area (Å²) in [5.41, 5.74) is -0.0320. The molecular formula is C13H18N2O3. The fraction of sp³-hybridized carbons (Fsp3) is 0.385. The molecule has 0 spiro atoms. The summed E-state index contributed by atoms with van der Waals surface area (Å²) in [6.07, 6.45) is 6.03. The normalized spacial score (nSPS) is 11.5. The van der Waals surface area contributed by atoms with Gasteiger partial charge in [-0.25, -0.2) is 4.79 Å². The number of amides is 1. The van der Waals surface area contributed by atoms with Gasteiger partial charge in [0, 0.05) is 30.6 Å². The molecule has 1 rings (SSSR count). The van der Waals surface area contributed by atoms with Crippen LogP contribution in [0.4, 0.5) is 4.79 Å². The van der Waals surface area contributed by atoms with Crippen LogP contribution in [0.15, 0.2) is 29.3 Å². The molecule has 18 heavy (non-hydrogen) atoms. The molecule has 1 aromatic heterocycles. The quantitative estimate of drug-likeness (QED) is 0.860. The maximum absolute atomic E-state index is 11.4. The number of ether oxygens (including phenoxy) is 1. The lowest BCUT2D eigenvalue weighted by molar-refractivity contribution is 0.0534. The molecule has 0 saturated heterocycles. The first-order chi connectivity index (χ1) is 8.38. The van der Waals surface area contributed by atoms with Crippen LogP contribution in [-0.4, -0.2) is 23.2 Å². The number of hydrogen-bond acceptors (Lipinski definition) is 3. The van der Waals surface area contributed by atoms with Gasteiger partial charge in [0.1, 0.15) is 5.60 Å². The zero-order chi connectivity index (χ0) is 13.6. The summed E-state index contributed by atoms with van der Waals surface area (Å²) in [6.45, 7) is 5.70. The Balaban J connectivity index is 2.41. The zero-order valence-electron chi connectivity index (χ0n) is 10.8. The summed E-state index contributed by atoms with van der Waals surface area (Å²) >= 11 is 0. The third kappa shape index (κ3) is 5.34. The molecule has 0 bridgehead atoms. The predicted molar refractivity (Wildman–Crippen MR) is 70.3 cm³/mol. The molecule has 0 atom stereocenters. The van der Waals surface area contributed by atoms with Crippen LogP contribution in [0.25, 0.3) is 6.08 Å². The van der Waals surface area contributed by atoms with E-state index in [1.165, 1.54) is 6.07 Å². The molecule has 0 radical (unpaired) electrons. The standard InChI is InChI=1S/C13H18N2O3/c1-13(2,3)18-12(17)15-7-4-5-10-9-14-8-6-11(10)16/h4-6,8-9H,7H2,1-3H3,(H,14,16)(H,15,17). The summed E-state index contributed by atoms with van der Waals surface area (Å²) in [6, 6.07) is 1.45. The lowest BCUT2D eigenvalue weighted by Crippen LogP contribution is -2.32. The average Bonchev–Trinajstić information content (AvgIpc) is 2.24. The number of carbonyl (C=O) groups is 1. The highest BCUT2D eigenvalue weighted by Gasteiger charge is 2.14. The molecule has 0 aliphatic rings. The van der Waals surface area contributed by atoms with Crippen molar-refractivity contribution < 1.29 is 9.53 Å². The van der Waals surface area contributed by atoms with Crippen molar-refractivity contribution >= 4 is 12.2 Å². The third-order valence-corrected chi connectivity index (χ3v) is 1.91. The molecule has 1 amide bonds. The van der Waals surface area contributed by atoms with E-state index in [-0.39, 0.29) is 5.43 Å². The van der Waals surface area contributed by atoms with Gasteiger partial charge in [-0.2, -0.15) is 0 Å². The predicted octanol–water partition coefficient (Wildman–Crippen LogP) is 1.91. The lowest BCUT2D eigenvalue weighted by Gasteiger charge is -2.19. The van der Waals surface area contributed by atoms with Gasteiger partial charge >= 0.3 is 6.09 Å². The van der Waals surface area contributed by atoms with Crippen molar-refractivity contribution in [1.82, 2.24) is 10.3 Å². The molecule has 2 N–H and O–H groups in total. The van der Waals surface area contributed by atoms with E-state index in [1.807, 2.05) is 0 Å². The summed E-state index contributed by atoms with van der Waals surface area (Å²) in [7, 11) is 0. The van der Waals surface area contributed by atoms with Gasteiger partial charge < -0.3 is 15.0 Å². The van der Waals surface area contributed by atoms with E-state index in [0.29, 0.717) is 12.1 Å². The molecule has 0 saturated carbocycles. The van der Waals surface area contributed by atoms with Gasteiger partial charge in [0.05, 0.1) is 0 Å². The van der Waals surface area contributed by atoms with Crippen LogP contribution >= 0.6 is 0 Å². The molecule has 98 valence electrons. The van der Waals surface area contributed by atoms with Gasteiger partial charge in [0.15, 0.2) is 5.43 Å². The highest BCUT2D eigenvalue weighted by molar-refractivity contribution is 5.68. The number of H-pyrrole nitrogens is 1. The Bertz CT molecular complexity index is 483. The van der Waals surface area contributed by atoms with E-state index < -0.39 is 11.7 Å². The second-order valence-corrected chi connectivity index (χ2v) is 4.75. The second-order valence-electron chi connectivity index (χ2n) is 4.75. The van der Waals surface area contributed by atoms with E-state index in [4.69, 9.17) is 4.74 Å². The SMILES string of the molecule is CC(C)(C)OC(=O)NCC=Cc1c[nH]ccc1=O. The summed E-state index contributed by atoms with van der Waals surface area (Å²) in [4.78, 5) is 25.5. The second kappa shape index (κ2) is 6.05. The molecule has 0 aliphatic heterocycles. The molecule has 1 aromatic rings. The van der Waals surface area contributed by atoms with E-state index in [2.05, 4.69) is 10.3 Å². The maximum Gasteiger partial charge on any atom is 0.407 e. The molecule has 0 fully saturated rings.